The summed E-state index contributed by atoms with van der Waals surface area (Å²) >= 11 is 0. The molecule has 2 aliphatic rings. The third kappa shape index (κ3) is 0.768. The van der Waals surface area contributed by atoms with E-state index in [0.29, 0.717) is 12.8 Å². The number of nitrogens with two attached hydrogens (primary N) is 1. The fourth-order valence-electron chi connectivity index (χ4n) is 1.77. The minimum absolute atomic E-state index is 0. The summed E-state index contributed by atoms with van der Waals surface area (Å²) in [4.78, 5) is 0. The normalized spacial score (nSPS) is 47.7. The highest BCUT2D eigenvalue weighted by molar-refractivity contribution is 5.85. The monoisotopic (exact) mass is 169 g/mol. The summed E-state index contributed by atoms with van der Waals surface area (Å²) in [6.45, 7) is 0. The van der Waals surface area contributed by atoms with Crippen LogP contribution < -0.4 is 5.73 Å². The van der Waals surface area contributed by atoms with Crippen molar-refractivity contribution in [2.45, 2.75) is 31.2 Å². The van der Waals surface area contributed by atoms with Gasteiger partial charge in [0, 0.05) is 17.9 Å². The van der Waals surface area contributed by atoms with Crippen molar-refractivity contribution in [2.75, 3.05) is 0 Å². The molecule has 0 aromatic carbocycles. The standard InChI is InChI=1S/C6H9F2N.ClH/c7-6(8)3-5(6)1-4(9)2-5;/h4H,1-3,9H2;1H. The van der Waals surface area contributed by atoms with Crippen molar-refractivity contribution in [1.29, 1.82) is 0 Å². The predicted octanol–water partition coefficient (Wildman–Crippen LogP) is 1.55. The largest absolute Gasteiger partial charge is 0.328 e. The van der Waals surface area contributed by atoms with Gasteiger partial charge in [0.2, 0.25) is 0 Å². The van der Waals surface area contributed by atoms with Crippen LogP contribution in [0.3, 0.4) is 0 Å². The van der Waals surface area contributed by atoms with Crippen LogP contribution in [0.5, 0.6) is 0 Å². The Labute approximate surface area is 64.4 Å². The van der Waals surface area contributed by atoms with E-state index in [0.717, 1.165) is 0 Å². The molecule has 2 aliphatic carbocycles. The van der Waals surface area contributed by atoms with Crippen LogP contribution in [-0.2, 0) is 0 Å². The lowest BCUT2D eigenvalue weighted by atomic mass is 9.77. The minimum Gasteiger partial charge on any atom is -0.328 e. The molecule has 0 aliphatic heterocycles. The second-order valence-corrected chi connectivity index (χ2v) is 3.33. The summed E-state index contributed by atoms with van der Waals surface area (Å²) in [6, 6.07) is 0.0541. The quantitative estimate of drug-likeness (QED) is 0.585. The lowest BCUT2D eigenvalue weighted by Gasteiger charge is -2.32. The van der Waals surface area contributed by atoms with E-state index in [-0.39, 0.29) is 24.9 Å². The lowest BCUT2D eigenvalue weighted by molar-refractivity contribution is 0.0214. The van der Waals surface area contributed by atoms with E-state index in [1.165, 1.54) is 0 Å². The Bertz CT molecular complexity index is 154. The zero-order valence-electron chi connectivity index (χ0n) is 5.44. The van der Waals surface area contributed by atoms with Gasteiger partial charge in [-0.3, -0.25) is 0 Å². The van der Waals surface area contributed by atoms with Gasteiger partial charge >= 0.3 is 0 Å². The second-order valence-electron chi connectivity index (χ2n) is 3.33. The molecule has 0 unspecified atom stereocenters. The van der Waals surface area contributed by atoms with Crippen LogP contribution in [0.25, 0.3) is 0 Å². The molecule has 60 valence electrons. The van der Waals surface area contributed by atoms with E-state index in [9.17, 15) is 8.78 Å². The third-order valence-electron chi connectivity index (χ3n) is 2.52. The third-order valence-corrected chi connectivity index (χ3v) is 2.52. The summed E-state index contributed by atoms with van der Waals surface area (Å²) in [5, 5.41) is 0. The van der Waals surface area contributed by atoms with Crippen LogP contribution in [0.15, 0.2) is 0 Å². The van der Waals surface area contributed by atoms with Crippen LogP contribution in [0.4, 0.5) is 8.78 Å². The molecule has 4 heteroatoms. The van der Waals surface area contributed by atoms with Crippen LogP contribution >= 0.6 is 12.4 Å². The molecule has 10 heavy (non-hydrogen) atoms. The molecule has 2 rings (SSSR count). The van der Waals surface area contributed by atoms with Crippen molar-refractivity contribution in [2.24, 2.45) is 11.1 Å². The van der Waals surface area contributed by atoms with Gasteiger partial charge in [0.15, 0.2) is 0 Å². The van der Waals surface area contributed by atoms with E-state index >= 15 is 0 Å². The Balaban J connectivity index is 0.000000500. The SMILES string of the molecule is Cl.NC1CC2(C1)CC2(F)F. The Kier molecular flexibility index (Phi) is 1.50. The first-order chi connectivity index (χ1) is 4.06. The molecule has 1 nitrogen and oxygen atoms in total. The molecule has 0 radical (unpaired) electrons. The minimum atomic E-state index is -2.36. The van der Waals surface area contributed by atoms with Crippen molar-refractivity contribution in [3.05, 3.63) is 0 Å². The van der Waals surface area contributed by atoms with Gasteiger partial charge in [0.05, 0.1) is 0 Å². The van der Waals surface area contributed by atoms with E-state index in [1.54, 1.807) is 0 Å². The van der Waals surface area contributed by atoms with Crippen molar-refractivity contribution in [1.82, 2.24) is 0 Å². The van der Waals surface area contributed by atoms with Gasteiger partial charge < -0.3 is 5.73 Å². The number of hydrogen-bond donors (Lipinski definition) is 1. The van der Waals surface area contributed by atoms with Gasteiger partial charge in [-0.15, -0.1) is 12.4 Å². The molecular weight excluding hydrogens is 160 g/mol. The molecular formula is C6H10ClF2N. The average molecular weight is 170 g/mol. The summed E-state index contributed by atoms with van der Waals surface area (Å²) in [5.41, 5.74) is 4.76. The number of hydrogen-bond acceptors (Lipinski definition) is 1. The second kappa shape index (κ2) is 1.83. The topological polar surface area (TPSA) is 26.0 Å². The average Bonchev–Trinajstić information content (AvgIpc) is 2.06. The van der Waals surface area contributed by atoms with Crippen LogP contribution in [0.1, 0.15) is 19.3 Å². The van der Waals surface area contributed by atoms with Crippen molar-refractivity contribution in [3.8, 4) is 0 Å². The van der Waals surface area contributed by atoms with Crippen molar-refractivity contribution in [3.63, 3.8) is 0 Å². The van der Waals surface area contributed by atoms with Gasteiger partial charge in [-0.2, -0.15) is 0 Å². The maximum absolute atomic E-state index is 12.4. The van der Waals surface area contributed by atoms with Crippen LogP contribution in [-0.4, -0.2) is 12.0 Å². The summed E-state index contributed by atoms with van der Waals surface area (Å²) in [5.74, 6) is -2.36. The summed E-state index contributed by atoms with van der Waals surface area (Å²) < 4.78 is 24.7. The fraction of sp³-hybridized carbons (Fsp3) is 1.00. The van der Waals surface area contributed by atoms with Gasteiger partial charge in [-0.1, -0.05) is 0 Å². The van der Waals surface area contributed by atoms with E-state index in [4.69, 9.17) is 5.73 Å². The molecule has 2 saturated carbocycles. The van der Waals surface area contributed by atoms with Crippen LogP contribution in [0.2, 0.25) is 0 Å². The highest BCUT2D eigenvalue weighted by Crippen LogP contribution is 2.70. The predicted molar refractivity (Wildman–Crippen MR) is 36.5 cm³/mol. The summed E-state index contributed by atoms with van der Waals surface area (Å²) in [7, 11) is 0. The molecule has 0 atom stereocenters. The first kappa shape index (κ1) is 8.21. The van der Waals surface area contributed by atoms with Gasteiger partial charge in [0.1, 0.15) is 0 Å². The molecule has 2 fully saturated rings. The summed E-state index contributed by atoms with van der Waals surface area (Å²) in [6.07, 6.45) is 1.17. The maximum Gasteiger partial charge on any atom is 0.254 e. The maximum atomic E-state index is 12.4. The fourth-order valence-corrected chi connectivity index (χ4v) is 1.77. The van der Waals surface area contributed by atoms with E-state index in [1.807, 2.05) is 0 Å². The van der Waals surface area contributed by atoms with Gasteiger partial charge in [0.25, 0.3) is 5.92 Å². The molecule has 0 amide bonds. The number of rotatable bonds is 0. The molecule has 0 bridgehead atoms. The molecule has 0 aromatic heterocycles. The van der Waals surface area contributed by atoms with E-state index < -0.39 is 11.3 Å². The number of halogens is 3. The smallest absolute Gasteiger partial charge is 0.254 e. The van der Waals surface area contributed by atoms with Gasteiger partial charge in [-0.05, 0) is 12.8 Å². The molecule has 2 N–H and O–H groups in total. The Morgan fingerprint density at radius 2 is 1.70 bits per heavy atom. The van der Waals surface area contributed by atoms with Gasteiger partial charge in [-0.25, -0.2) is 8.78 Å². The van der Waals surface area contributed by atoms with Crippen LogP contribution in [0, 0.1) is 5.41 Å². The van der Waals surface area contributed by atoms with Crippen molar-refractivity contribution >= 4 is 12.4 Å². The number of alkyl halides is 2. The molecule has 0 heterocycles. The zero-order valence-corrected chi connectivity index (χ0v) is 6.26. The Morgan fingerprint density at radius 1 is 1.30 bits per heavy atom. The first-order valence-corrected chi connectivity index (χ1v) is 3.19. The Morgan fingerprint density at radius 3 is 1.80 bits per heavy atom. The molecule has 0 saturated heterocycles. The molecule has 1 spiro atoms. The first-order valence-electron chi connectivity index (χ1n) is 3.19. The lowest BCUT2D eigenvalue weighted by Crippen LogP contribution is -2.40. The molecule has 0 aromatic rings. The van der Waals surface area contributed by atoms with E-state index in [2.05, 4.69) is 0 Å². The van der Waals surface area contributed by atoms with Crippen molar-refractivity contribution < 1.29 is 8.78 Å². The zero-order chi connectivity index (χ0) is 6.70. The highest BCUT2D eigenvalue weighted by atomic mass is 35.5. The Hall–Kier alpha value is 0.110. The highest BCUT2D eigenvalue weighted by Gasteiger charge is 2.74.